The first-order valence-electron chi connectivity index (χ1n) is 12.7. The van der Waals surface area contributed by atoms with Crippen molar-refractivity contribution in [3.63, 3.8) is 0 Å². The van der Waals surface area contributed by atoms with Gasteiger partial charge in [0.05, 0.1) is 6.10 Å². The van der Waals surface area contributed by atoms with Gasteiger partial charge in [-0.3, -0.25) is 0 Å². The molecule has 2 aliphatic carbocycles. The van der Waals surface area contributed by atoms with Crippen LogP contribution >= 0.6 is 0 Å². The highest BCUT2D eigenvalue weighted by atomic mass is 16.3. The number of hydrogen-bond acceptors (Lipinski definition) is 1. The van der Waals surface area contributed by atoms with E-state index in [2.05, 4.69) is 69.2 Å². The first kappa shape index (κ1) is 35.4. The molecule has 0 aromatic heterocycles. The summed E-state index contributed by atoms with van der Waals surface area (Å²) >= 11 is 0. The number of rotatable bonds is 5. The quantitative estimate of drug-likeness (QED) is 0.485. The second kappa shape index (κ2) is 29.2. The molecule has 0 bridgehead atoms. The summed E-state index contributed by atoms with van der Waals surface area (Å²) in [6.07, 6.45) is 13.1. The molecule has 2 rings (SSSR count). The molecular weight excluding hydrogens is 340 g/mol. The van der Waals surface area contributed by atoms with E-state index in [1.807, 2.05) is 13.8 Å². The van der Waals surface area contributed by atoms with Gasteiger partial charge in [0.2, 0.25) is 0 Å². The van der Waals surface area contributed by atoms with Crippen molar-refractivity contribution >= 4 is 0 Å². The number of unbranched alkanes of at least 4 members (excludes halogenated alkanes) is 1. The first-order chi connectivity index (χ1) is 13.1. The fourth-order valence-corrected chi connectivity index (χ4v) is 0.981. The lowest BCUT2D eigenvalue weighted by atomic mass is 10.2. The molecule has 0 unspecified atom stereocenters. The number of hydrogen-bond donors (Lipinski definition) is 1. The molecule has 0 aromatic carbocycles. The van der Waals surface area contributed by atoms with E-state index in [0.29, 0.717) is 0 Å². The largest absolute Gasteiger partial charge is 0.393 e. The van der Waals surface area contributed by atoms with Crippen LogP contribution in [0.2, 0.25) is 0 Å². The van der Waals surface area contributed by atoms with Gasteiger partial charge in [0.25, 0.3) is 0 Å². The van der Waals surface area contributed by atoms with Crippen LogP contribution in [0.5, 0.6) is 0 Å². The Morgan fingerprint density at radius 1 is 0.679 bits per heavy atom. The molecule has 1 heteroatoms. The molecular formula is C27H62O. The zero-order valence-electron chi connectivity index (χ0n) is 22.4. The van der Waals surface area contributed by atoms with E-state index in [0.717, 1.165) is 36.5 Å². The zero-order chi connectivity index (χ0) is 23.0. The van der Waals surface area contributed by atoms with Crippen LogP contribution in [-0.4, -0.2) is 11.2 Å². The Labute approximate surface area is 182 Å². The van der Waals surface area contributed by atoms with E-state index < -0.39 is 0 Å². The van der Waals surface area contributed by atoms with Gasteiger partial charge in [-0.15, -0.1) is 0 Å². The summed E-state index contributed by atoms with van der Waals surface area (Å²) < 4.78 is 0. The highest BCUT2D eigenvalue weighted by molar-refractivity contribution is 4.69. The molecule has 0 aliphatic heterocycles. The predicted molar refractivity (Wildman–Crippen MR) is 134 cm³/mol. The van der Waals surface area contributed by atoms with Gasteiger partial charge in [0, 0.05) is 0 Å². The minimum atomic E-state index is -0.0648. The zero-order valence-corrected chi connectivity index (χ0v) is 22.4. The molecule has 0 atom stereocenters. The van der Waals surface area contributed by atoms with Crippen LogP contribution in [0.25, 0.3) is 0 Å². The predicted octanol–water partition coefficient (Wildman–Crippen LogP) is 9.91. The Morgan fingerprint density at radius 2 is 0.964 bits per heavy atom. The second-order valence-corrected chi connectivity index (χ2v) is 9.54. The SMILES string of the molecule is CC(C)C.CC1CC1.CCC(C)C.CCC(O)CC.CCC1CC1.CCCC. The average Bonchev–Trinajstić information content (AvgIpc) is 3.58. The Bertz CT molecular complexity index is 216. The summed E-state index contributed by atoms with van der Waals surface area (Å²) in [6.45, 7) is 26.0. The highest BCUT2D eigenvalue weighted by Crippen LogP contribution is 2.31. The lowest BCUT2D eigenvalue weighted by Crippen LogP contribution is -1.99. The fraction of sp³-hybridized carbons (Fsp3) is 1.00. The molecule has 0 saturated heterocycles. The third-order valence-electron chi connectivity index (χ3n) is 4.40. The van der Waals surface area contributed by atoms with E-state index in [4.69, 9.17) is 5.11 Å². The molecule has 0 radical (unpaired) electrons. The van der Waals surface area contributed by atoms with Gasteiger partial charge in [-0.2, -0.15) is 0 Å². The molecule has 0 heterocycles. The van der Waals surface area contributed by atoms with Gasteiger partial charge in [0.15, 0.2) is 0 Å². The Hall–Kier alpha value is -0.0400. The number of aliphatic hydroxyl groups is 1. The van der Waals surface area contributed by atoms with Gasteiger partial charge in [-0.25, -0.2) is 0 Å². The van der Waals surface area contributed by atoms with E-state index in [1.165, 1.54) is 51.4 Å². The third-order valence-corrected chi connectivity index (χ3v) is 4.40. The monoisotopic (exact) mass is 402 g/mol. The lowest BCUT2D eigenvalue weighted by Gasteiger charge is -1.98. The van der Waals surface area contributed by atoms with Gasteiger partial charge in [-0.1, -0.05) is 134 Å². The molecule has 0 amide bonds. The van der Waals surface area contributed by atoms with Crippen LogP contribution in [0.15, 0.2) is 0 Å². The van der Waals surface area contributed by atoms with Crippen molar-refractivity contribution in [2.24, 2.45) is 23.7 Å². The molecule has 2 aliphatic rings. The fourth-order valence-electron chi connectivity index (χ4n) is 0.981. The maximum absolute atomic E-state index is 8.67. The summed E-state index contributed by atoms with van der Waals surface area (Å²) in [6, 6.07) is 0. The van der Waals surface area contributed by atoms with Crippen LogP contribution in [0.3, 0.4) is 0 Å². The molecule has 2 fully saturated rings. The molecule has 1 N–H and O–H groups in total. The van der Waals surface area contributed by atoms with Crippen molar-refractivity contribution < 1.29 is 5.11 Å². The molecule has 0 aromatic rings. The van der Waals surface area contributed by atoms with Crippen molar-refractivity contribution in [1.82, 2.24) is 0 Å². The second-order valence-electron chi connectivity index (χ2n) is 9.54. The van der Waals surface area contributed by atoms with Gasteiger partial charge >= 0.3 is 0 Å². The topological polar surface area (TPSA) is 20.2 Å². The molecule has 2 saturated carbocycles. The van der Waals surface area contributed by atoms with E-state index in [-0.39, 0.29) is 6.10 Å². The summed E-state index contributed by atoms with van der Waals surface area (Å²) in [7, 11) is 0. The Balaban J connectivity index is -0.000000124. The van der Waals surface area contributed by atoms with Crippen molar-refractivity contribution in [2.75, 3.05) is 0 Å². The third kappa shape index (κ3) is 72.3. The van der Waals surface area contributed by atoms with Crippen molar-refractivity contribution in [3.05, 3.63) is 0 Å². The van der Waals surface area contributed by atoms with Crippen molar-refractivity contribution in [3.8, 4) is 0 Å². The van der Waals surface area contributed by atoms with Gasteiger partial charge in [-0.05, 0) is 36.5 Å². The molecule has 28 heavy (non-hydrogen) atoms. The minimum absolute atomic E-state index is 0.0648. The Morgan fingerprint density at radius 3 is 0.964 bits per heavy atom. The van der Waals surface area contributed by atoms with E-state index in [1.54, 1.807) is 0 Å². The van der Waals surface area contributed by atoms with E-state index >= 15 is 0 Å². The minimum Gasteiger partial charge on any atom is -0.393 e. The van der Waals surface area contributed by atoms with Gasteiger partial charge < -0.3 is 5.11 Å². The normalized spacial score (nSPS) is 14.1. The smallest absolute Gasteiger partial charge is 0.0535 e. The first-order valence-corrected chi connectivity index (χ1v) is 12.7. The van der Waals surface area contributed by atoms with Crippen molar-refractivity contribution in [1.29, 1.82) is 0 Å². The molecule has 0 spiro atoms. The van der Waals surface area contributed by atoms with Crippen LogP contribution in [0.1, 0.15) is 147 Å². The highest BCUT2D eigenvalue weighted by Gasteiger charge is 2.17. The molecule has 1 nitrogen and oxygen atoms in total. The van der Waals surface area contributed by atoms with Crippen LogP contribution in [-0.2, 0) is 0 Å². The maximum atomic E-state index is 8.67. The van der Waals surface area contributed by atoms with Gasteiger partial charge in [0.1, 0.15) is 0 Å². The standard InChI is InChI=1S/C5H12O.C5H10.C5H12.C4H8.2C4H10/c1-3-5(6)4-2;1-2-5-3-4-5;1-4-5(2)3;1-4-2-3-4;1-4(2)3;1-3-4-2/h5-6H,3-4H2,1-2H3;5H,2-4H2,1H3;5H,4H2,1-3H3;4H,2-3H2,1H3;4H,1-3H3;3-4H2,1-2H3. The summed E-state index contributed by atoms with van der Waals surface area (Å²) in [5, 5.41) is 8.67. The summed E-state index contributed by atoms with van der Waals surface area (Å²) in [5.74, 6) is 3.94. The lowest BCUT2D eigenvalue weighted by molar-refractivity contribution is 0.166. The van der Waals surface area contributed by atoms with Crippen LogP contribution in [0, 0.1) is 23.7 Å². The van der Waals surface area contributed by atoms with Crippen LogP contribution in [0.4, 0.5) is 0 Å². The summed E-state index contributed by atoms with van der Waals surface area (Å²) in [5.41, 5.74) is 0. The molecule has 176 valence electrons. The summed E-state index contributed by atoms with van der Waals surface area (Å²) in [4.78, 5) is 0. The maximum Gasteiger partial charge on any atom is 0.0535 e. The average molecular weight is 403 g/mol. The van der Waals surface area contributed by atoms with E-state index in [9.17, 15) is 0 Å². The Kier molecular flexibility index (Phi) is 36.9. The number of aliphatic hydroxyl groups excluding tert-OH is 1. The van der Waals surface area contributed by atoms with Crippen molar-refractivity contribution in [2.45, 2.75) is 153 Å². The van der Waals surface area contributed by atoms with Crippen LogP contribution < -0.4 is 0 Å².